The number of carbonyl (C=O) groups is 1. The third-order valence-corrected chi connectivity index (χ3v) is 4.81. The van der Waals surface area contributed by atoms with Crippen LogP contribution in [-0.2, 0) is 4.79 Å². The molecule has 1 unspecified atom stereocenters. The van der Waals surface area contributed by atoms with E-state index in [-0.39, 0.29) is 36.4 Å². The van der Waals surface area contributed by atoms with Crippen LogP contribution in [-0.4, -0.2) is 36.5 Å². The van der Waals surface area contributed by atoms with E-state index >= 15 is 0 Å². The van der Waals surface area contributed by atoms with E-state index in [2.05, 4.69) is 39.8 Å². The van der Waals surface area contributed by atoms with Crippen molar-refractivity contribution >= 4 is 18.3 Å². The molecule has 1 heterocycles. The Kier molecular flexibility index (Phi) is 7.11. The fourth-order valence-corrected chi connectivity index (χ4v) is 3.06. The fraction of sp³-hybridized carbons (Fsp3) is 0.632. The highest BCUT2D eigenvalue weighted by atomic mass is 35.5. The number of hydrogen-bond donors (Lipinski definition) is 1. The second kappa shape index (κ2) is 8.21. The molecule has 1 aromatic rings. The van der Waals surface area contributed by atoms with Crippen LogP contribution in [0.1, 0.15) is 51.2 Å². The first kappa shape index (κ1) is 20.8. The van der Waals surface area contributed by atoms with Gasteiger partial charge in [-0.1, -0.05) is 39.8 Å². The maximum atomic E-state index is 12.5. The number of rotatable bonds is 4. The molecule has 0 spiro atoms. The van der Waals surface area contributed by atoms with E-state index in [9.17, 15) is 4.79 Å². The molecule has 5 heteroatoms. The number of nitrogens with zero attached hydrogens (tertiary/aromatic N) is 1. The second-order valence-corrected chi connectivity index (χ2v) is 7.68. The van der Waals surface area contributed by atoms with Crippen LogP contribution in [0.5, 0.6) is 5.75 Å². The number of halogens is 1. The van der Waals surface area contributed by atoms with E-state index in [0.29, 0.717) is 12.5 Å². The molecule has 1 fully saturated rings. The average molecular weight is 355 g/mol. The molecule has 1 aliphatic rings. The van der Waals surface area contributed by atoms with E-state index < -0.39 is 0 Å². The Labute approximate surface area is 152 Å². The highest BCUT2D eigenvalue weighted by molar-refractivity contribution is 5.85. The number of nitrogens with two attached hydrogens (primary N) is 1. The minimum absolute atomic E-state index is 0. The van der Waals surface area contributed by atoms with Crippen molar-refractivity contribution in [3.63, 3.8) is 0 Å². The normalized spacial score (nSPS) is 19.8. The summed E-state index contributed by atoms with van der Waals surface area (Å²) in [7, 11) is 0. The summed E-state index contributed by atoms with van der Waals surface area (Å²) in [5.41, 5.74) is 8.38. The summed E-state index contributed by atoms with van der Waals surface area (Å²) >= 11 is 0. The van der Waals surface area contributed by atoms with E-state index in [0.717, 1.165) is 29.8 Å². The van der Waals surface area contributed by atoms with Gasteiger partial charge in [0.25, 0.3) is 5.91 Å². The van der Waals surface area contributed by atoms with Gasteiger partial charge < -0.3 is 15.4 Å². The number of aryl methyl sites for hydroxylation is 1. The van der Waals surface area contributed by atoms with Gasteiger partial charge in [-0.25, -0.2) is 0 Å². The maximum absolute atomic E-state index is 12.5. The predicted octanol–water partition coefficient (Wildman–Crippen LogP) is 3.50. The zero-order valence-electron chi connectivity index (χ0n) is 15.5. The molecule has 2 rings (SSSR count). The van der Waals surface area contributed by atoms with Crippen LogP contribution < -0.4 is 10.5 Å². The van der Waals surface area contributed by atoms with Crippen LogP contribution in [0.2, 0.25) is 0 Å². The zero-order chi connectivity index (χ0) is 17.2. The first-order valence-electron chi connectivity index (χ1n) is 8.47. The number of benzene rings is 1. The minimum Gasteiger partial charge on any atom is -0.483 e. The number of likely N-dealkylation sites (tertiary alicyclic amines) is 1. The Bertz CT molecular complexity index is 572. The van der Waals surface area contributed by atoms with Crippen molar-refractivity contribution < 1.29 is 9.53 Å². The number of hydrogen-bond acceptors (Lipinski definition) is 3. The maximum Gasteiger partial charge on any atom is 0.260 e. The van der Waals surface area contributed by atoms with Gasteiger partial charge in [0.2, 0.25) is 0 Å². The molecule has 24 heavy (non-hydrogen) atoms. The number of carbonyl (C=O) groups excluding carboxylic acids is 1. The summed E-state index contributed by atoms with van der Waals surface area (Å²) in [4.78, 5) is 14.4. The molecule has 0 radical (unpaired) electrons. The molecular weight excluding hydrogens is 324 g/mol. The van der Waals surface area contributed by atoms with Gasteiger partial charge in [-0.2, -0.15) is 0 Å². The van der Waals surface area contributed by atoms with Crippen molar-refractivity contribution in [1.82, 2.24) is 4.90 Å². The topological polar surface area (TPSA) is 55.6 Å². The molecule has 1 aromatic carbocycles. The molecule has 136 valence electrons. The van der Waals surface area contributed by atoms with Crippen LogP contribution in [0.4, 0.5) is 0 Å². The second-order valence-electron chi connectivity index (χ2n) is 7.68. The van der Waals surface area contributed by atoms with Gasteiger partial charge >= 0.3 is 0 Å². The highest BCUT2D eigenvalue weighted by Crippen LogP contribution is 2.29. The quantitative estimate of drug-likeness (QED) is 0.900. The smallest absolute Gasteiger partial charge is 0.260 e. The van der Waals surface area contributed by atoms with Gasteiger partial charge in [-0.15, -0.1) is 12.4 Å². The van der Waals surface area contributed by atoms with Crippen molar-refractivity contribution in [3.8, 4) is 5.75 Å². The van der Waals surface area contributed by atoms with Crippen LogP contribution in [0.15, 0.2) is 18.2 Å². The Morgan fingerprint density at radius 2 is 2.08 bits per heavy atom. The molecule has 0 bridgehead atoms. The predicted molar refractivity (Wildman–Crippen MR) is 101 cm³/mol. The Morgan fingerprint density at radius 3 is 2.67 bits per heavy atom. The van der Waals surface area contributed by atoms with Crippen molar-refractivity contribution in [2.24, 2.45) is 11.1 Å². The van der Waals surface area contributed by atoms with Gasteiger partial charge in [-0.05, 0) is 41.9 Å². The van der Waals surface area contributed by atoms with Gasteiger partial charge in [0.1, 0.15) is 5.75 Å². The molecule has 1 aliphatic heterocycles. The summed E-state index contributed by atoms with van der Waals surface area (Å²) in [6, 6.07) is 6.33. The fourth-order valence-electron chi connectivity index (χ4n) is 3.06. The lowest BCUT2D eigenvalue weighted by molar-refractivity contribution is -0.136. The molecule has 4 nitrogen and oxygen atoms in total. The van der Waals surface area contributed by atoms with Crippen LogP contribution >= 0.6 is 12.4 Å². The number of amides is 1. The first-order chi connectivity index (χ1) is 10.7. The summed E-state index contributed by atoms with van der Waals surface area (Å²) in [5.74, 6) is 1.23. The third-order valence-electron chi connectivity index (χ3n) is 4.81. The van der Waals surface area contributed by atoms with E-state index in [1.807, 2.05) is 17.9 Å². The first-order valence-corrected chi connectivity index (χ1v) is 8.47. The number of piperidine rings is 1. The largest absolute Gasteiger partial charge is 0.483 e. The van der Waals surface area contributed by atoms with Crippen LogP contribution in [0.3, 0.4) is 0 Å². The zero-order valence-corrected chi connectivity index (χ0v) is 16.3. The molecule has 0 aromatic heterocycles. The van der Waals surface area contributed by atoms with Crippen molar-refractivity contribution in [2.45, 2.75) is 53.0 Å². The Hall–Kier alpha value is -1.26. The lowest BCUT2D eigenvalue weighted by atomic mass is 9.80. The van der Waals surface area contributed by atoms with Crippen molar-refractivity contribution in [2.75, 3.05) is 19.7 Å². The van der Waals surface area contributed by atoms with Gasteiger partial charge in [0.05, 0.1) is 0 Å². The molecule has 1 saturated heterocycles. The van der Waals surface area contributed by atoms with E-state index in [1.165, 1.54) is 0 Å². The van der Waals surface area contributed by atoms with Crippen LogP contribution in [0.25, 0.3) is 0 Å². The van der Waals surface area contributed by atoms with Crippen molar-refractivity contribution in [3.05, 3.63) is 29.3 Å². The standard InChI is InChI=1S/C19H30N2O2.ClH/c1-13(2)15-7-6-14(3)10-16(15)23-11-18(22)21-9-8-17(20)19(4,5)12-21;/h6-7,10,13,17H,8-9,11-12,20H2,1-5H3;1H. The summed E-state index contributed by atoms with van der Waals surface area (Å²) in [5, 5.41) is 0. The summed E-state index contributed by atoms with van der Waals surface area (Å²) in [6.45, 7) is 12.0. The lowest BCUT2D eigenvalue weighted by Crippen LogP contribution is -2.54. The molecule has 2 N–H and O–H groups in total. The SMILES string of the molecule is Cc1ccc(C(C)C)c(OCC(=O)N2CCC(N)C(C)(C)C2)c1.Cl. The van der Waals surface area contributed by atoms with Gasteiger partial charge in [-0.3, -0.25) is 4.79 Å². The monoisotopic (exact) mass is 354 g/mol. The summed E-state index contributed by atoms with van der Waals surface area (Å²) in [6.07, 6.45) is 0.848. The average Bonchev–Trinajstić information content (AvgIpc) is 2.47. The number of ether oxygens (including phenoxy) is 1. The molecule has 0 aliphatic carbocycles. The molecule has 1 amide bonds. The Balaban J connectivity index is 0.00000288. The molecule has 0 saturated carbocycles. The molecular formula is C19H31ClN2O2. The van der Waals surface area contributed by atoms with Crippen molar-refractivity contribution in [1.29, 1.82) is 0 Å². The molecule has 1 atom stereocenters. The Morgan fingerprint density at radius 1 is 1.42 bits per heavy atom. The third kappa shape index (κ3) is 4.87. The highest BCUT2D eigenvalue weighted by Gasteiger charge is 2.35. The van der Waals surface area contributed by atoms with Gasteiger partial charge in [0.15, 0.2) is 6.61 Å². The van der Waals surface area contributed by atoms with E-state index in [1.54, 1.807) is 0 Å². The summed E-state index contributed by atoms with van der Waals surface area (Å²) < 4.78 is 5.87. The van der Waals surface area contributed by atoms with E-state index in [4.69, 9.17) is 10.5 Å². The minimum atomic E-state index is -0.0413. The lowest BCUT2D eigenvalue weighted by Gasteiger charge is -2.42. The van der Waals surface area contributed by atoms with Gasteiger partial charge in [0, 0.05) is 19.1 Å². The van der Waals surface area contributed by atoms with Crippen LogP contribution in [0, 0.1) is 12.3 Å².